The molecule has 1 unspecified atom stereocenters. The van der Waals surface area contributed by atoms with Crippen LogP contribution in [0.15, 0.2) is 76.3 Å². The molecule has 0 saturated carbocycles. The molecule has 0 bridgehead atoms. The molecule has 4 rings (SSSR count). The van der Waals surface area contributed by atoms with Crippen LogP contribution in [0.3, 0.4) is 0 Å². The SMILES string of the molecule is COC1=C(OCc2ccc(-c3ccccc3)c(COCCF)c2)C=C(C)N(c2noc(C)c2C)C1C. The van der Waals surface area contributed by atoms with Crippen molar-refractivity contribution < 1.29 is 23.1 Å². The number of methoxy groups -OCH3 is 1. The number of nitrogens with zero attached hydrogens (tertiary/aromatic N) is 2. The maximum absolute atomic E-state index is 12.6. The van der Waals surface area contributed by atoms with Crippen LogP contribution >= 0.6 is 0 Å². The van der Waals surface area contributed by atoms with E-state index < -0.39 is 6.67 Å². The summed E-state index contributed by atoms with van der Waals surface area (Å²) < 4.78 is 35.6. The van der Waals surface area contributed by atoms with E-state index in [0.29, 0.717) is 24.7 Å². The summed E-state index contributed by atoms with van der Waals surface area (Å²) >= 11 is 0. The smallest absolute Gasteiger partial charge is 0.180 e. The lowest BCUT2D eigenvalue weighted by molar-refractivity contribution is 0.106. The van der Waals surface area contributed by atoms with Crippen LogP contribution in [0.2, 0.25) is 0 Å². The summed E-state index contributed by atoms with van der Waals surface area (Å²) in [4.78, 5) is 2.09. The second kappa shape index (κ2) is 11.4. The number of ether oxygens (including phenoxy) is 3. The number of anilines is 1. The van der Waals surface area contributed by atoms with Crippen molar-refractivity contribution in [1.29, 1.82) is 0 Å². The lowest BCUT2D eigenvalue weighted by Gasteiger charge is -2.35. The van der Waals surface area contributed by atoms with E-state index >= 15 is 0 Å². The van der Waals surface area contributed by atoms with Crippen LogP contribution in [-0.2, 0) is 27.4 Å². The van der Waals surface area contributed by atoms with Crippen LogP contribution in [0.5, 0.6) is 0 Å². The third kappa shape index (κ3) is 5.31. The first-order chi connectivity index (χ1) is 17.4. The molecule has 6 nitrogen and oxygen atoms in total. The van der Waals surface area contributed by atoms with Crippen LogP contribution in [0.25, 0.3) is 11.1 Å². The van der Waals surface area contributed by atoms with Gasteiger partial charge < -0.3 is 23.6 Å². The van der Waals surface area contributed by atoms with Crippen molar-refractivity contribution in [2.45, 2.75) is 47.0 Å². The Morgan fingerprint density at radius 2 is 1.83 bits per heavy atom. The largest absolute Gasteiger partial charge is 0.495 e. The van der Waals surface area contributed by atoms with Crippen molar-refractivity contribution in [2.75, 3.05) is 25.3 Å². The predicted molar refractivity (Wildman–Crippen MR) is 138 cm³/mol. The highest BCUT2D eigenvalue weighted by atomic mass is 19.1. The van der Waals surface area contributed by atoms with Gasteiger partial charge in [-0.15, -0.1) is 0 Å². The van der Waals surface area contributed by atoms with Gasteiger partial charge in [-0.05, 0) is 56.0 Å². The van der Waals surface area contributed by atoms with Gasteiger partial charge in [-0.25, -0.2) is 4.39 Å². The normalized spacial score (nSPS) is 15.8. The summed E-state index contributed by atoms with van der Waals surface area (Å²) in [6.07, 6.45) is 1.96. The molecule has 0 aliphatic carbocycles. The van der Waals surface area contributed by atoms with Crippen LogP contribution in [0.4, 0.5) is 10.2 Å². The molecule has 0 saturated heterocycles. The zero-order valence-corrected chi connectivity index (χ0v) is 21.5. The summed E-state index contributed by atoms with van der Waals surface area (Å²) in [5, 5.41) is 4.26. The van der Waals surface area contributed by atoms with E-state index in [4.69, 9.17) is 18.7 Å². The zero-order chi connectivity index (χ0) is 25.7. The van der Waals surface area contributed by atoms with Crippen molar-refractivity contribution in [1.82, 2.24) is 5.16 Å². The van der Waals surface area contributed by atoms with Gasteiger partial charge in [0.05, 0.1) is 26.4 Å². The Morgan fingerprint density at radius 3 is 2.50 bits per heavy atom. The first-order valence-corrected chi connectivity index (χ1v) is 12.1. The number of benzene rings is 2. The second-order valence-electron chi connectivity index (χ2n) is 8.84. The number of aromatic nitrogens is 1. The number of aryl methyl sites for hydroxylation is 1. The van der Waals surface area contributed by atoms with E-state index in [9.17, 15) is 4.39 Å². The molecule has 1 aliphatic heterocycles. The predicted octanol–water partition coefficient (Wildman–Crippen LogP) is 6.63. The van der Waals surface area contributed by atoms with Gasteiger partial charge >= 0.3 is 0 Å². The van der Waals surface area contributed by atoms with E-state index in [0.717, 1.165) is 45.1 Å². The Morgan fingerprint density at radius 1 is 1.06 bits per heavy atom. The molecule has 7 heteroatoms. The molecular weight excluding hydrogens is 459 g/mol. The molecular formula is C29H33FN2O4. The molecule has 3 aromatic rings. The van der Waals surface area contributed by atoms with Gasteiger partial charge in [0.25, 0.3) is 0 Å². The van der Waals surface area contributed by atoms with Gasteiger partial charge in [0, 0.05) is 17.3 Å². The molecule has 0 amide bonds. The molecule has 2 aromatic carbocycles. The van der Waals surface area contributed by atoms with E-state index in [1.807, 2.05) is 51.1 Å². The molecule has 0 fully saturated rings. The number of halogens is 1. The standard InChI is InChI=1S/C29H33FN2O4/c1-19-15-27(28(33-5)21(3)32(19)29-20(2)22(4)36-31-29)35-17-23-11-12-26(24-9-7-6-8-10-24)25(16-23)18-34-14-13-30/h6-12,15-16,21H,13-14,17-18H2,1-5H3. The summed E-state index contributed by atoms with van der Waals surface area (Å²) in [7, 11) is 1.65. The molecule has 36 heavy (non-hydrogen) atoms. The van der Waals surface area contributed by atoms with Gasteiger partial charge in [0.2, 0.25) is 0 Å². The molecule has 1 aliphatic rings. The maximum Gasteiger partial charge on any atom is 0.180 e. The molecule has 190 valence electrons. The molecule has 0 N–H and O–H groups in total. The minimum atomic E-state index is -0.508. The minimum Gasteiger partial charge on any atom is -0.495 e. The van der Waals surface area contributed by atoms with Gasteiger partial charge in [0.15, 0.2) is 17.3 Å². The van der Waals surface area contributed by atoms with Gasteiger partial charge in [0.1, 0.15) is 19.0 Å². The average Bonchev–Trinajstić information content (AvgIpc) is 3.21. The Balaban J connectivity index is 1.56. The van der Waals surface area contributed by atoms with E-state index in [-0.39, 0.29) is 12.6 Å². The molecule has 1 atom stereocenters. The molecule has 0 radical (unpaired) electrons. The first-order valence-electron chi connectivity index (χ1n) is 12.1. The highest BCUT2D eigenvalue weighted by Crippen LogP contribution is 2.35. The topological polar surface area (TPSA) is 57.0 Å². The van der Waals surface area contributed by atoms with Gasteiger partial charge in [-0.2, -0.15) is 0 Å². The number of allylic oxidation sites excluding steroid dienone is 2. The highest BCUT2D eigenvalue weighted by Gasteiger charge is 2.32. The summed E-state index contributed by atoms with van der Waals surface area (Å²) in [6.45, 7) is 8.22. The van der Waals surface area contributed by atoms with Crippen molar-refractivity contribution in [3.8, 4) is 11.1 Å². The number of hydrogen-bond donors (Lipinski definition) is 0. The van der Waals surface area contributed by atoms with Crippen molar-refractivity contribution in [3.05, 3.63) is 94.3 Å². The quantitative estimate of drug-likeness (QED) is 0.296. The summed E-state index contributed by atoms with van der Waals surface area (Å²) in [5.41, 5.74) is 6.10. The molecule has 0 spiro atoms. The lowest BCUT2D eigenvalue weighted by atomic mass is 9.98. The van der Waals surface area contributed by atoms with Crippen LogP contribution in [0, 0.1) is 13.8 Å². The number of hydrogen-bond acceptors (Lipinski definition) is 6. The van der Waals surface area contributed by atoms with E-state index in [1.165, 1.54) is 0 Å². The fourth-order valence-corrected chi connectivity index (χ4v) is 4.48. The Bertz CT molecular complexity index is 1250. The third-order valence-corrected chi connectivity index (χ3v) is 6.44. The fourth-order valence-electron chi connectivity index (χ4n) is 4.48. The number of alkyl halides is 1. The first kappa shape index (κ1) is 25.5. The van der Waals surface area contributed by atoms with E-state index in [2.05, 4.69) is 41.2 Å². The zero-order valence-electron chi connectivity index (χ0n) is 21.5. The Labute approximate surface area is 212 Å². The Kier molecular flexibility index (Phi) is 8.10. The van der Waals surface area contributed by atoms with Crippen LogP contribution in [0.1, 0.15) is 36.3 Å². The van der Waals surface area contributed by atoms with E-state index in [1.54, 1.807) is 7.11 Å². The summed E-state index contributed by atoms with van der Waals surface area (Å²) in [6, 6.07) is 16.1. The third-order valence-electron chi connectivity index (χ3n) is 6.44. The second-order valence-corrected chi connectivity index (χ2v) is 8.84. The highest BCUT2D eigenvalue weighted by molar-refractivity contribution is 5.67. The fraction of sp³-hybridized carbons (Fsp3) is 0.345. The Hall–Kier alpha value is -3.58. The van der Waals surface area contributed by atoms with Gasteiger partial charge in [-0.3, -0.25) is 0 Å². The van der Waals surface area contributed by atoms with Gasteiger partial charge in [-0.1, -0.05) is 47.6 Å². The van der Waals surface area contributed by atoms with Crippen molar-refractivity contribution in [3.63, 3.8) is 0 Å². The summed E-state index contributed by atoms with van der Waals surface area (Å²) in [5.74, 6) is 2.96. The van der Waals surface area contributed by atoms with Crippen LogP contribution in [-0.4, -0.2) is 31.6 Å². The average molecular weight is 493 g/mol. The number of rotatable bonds is 10. The molecule has 1 aromatic heterocycles. The maximum atomic E-state index is 12.6. The van der Waals surface area contributed by atoms with Crippen molar-refractivity contribution in [2.24, 2.45) is 0 Å². The molecule has 2 heterocycles. The minimum absolute atomic E-state index is 0.0714. The van der Waals surface area contributed by atoms with Crippen LogP contribution < -0.4 is 4.90 Å². The lowest BCUT2D eigenvalue weighted by Crippen LogP contribution is -2.37. The monoisotopic (exact) mass is 492 g/mol. The van der Waals surface area contributed by atoms with Crippen molar-refractivity contribution >= 4 is 5.82 Å².